The van der Waals surface area contributed by atoms with E-state index in [4.69, 9.17) is 10.5 Å². The van der Waals surface area contributed by atoms with Crippen LogP contribution < -0.4 is 15.4 Å². The number of primary amides is 1. The van der Waals surface area contributed by atoms with Crippen LogP contribution in [0.4, 0.5) is 23.2 Å². The number of hydrogen-bond donors (Lipinski definition) is 1. The fourth-order valence-electron chi connectivity index (χ4n) is 3.46. The number of carbonyl (C=O) groups is 2. The van der Waals surface area contributed by atoms with Crippen molar-refractivity contribution in [3.05, 3.63) is 77.4 Å². The van der Waals surface area contributed by atoms with Gasteiger partial charge in [0.25, 0.3) is 5.91 Å². The standard InChI is InChI=1S/C24H21F4N3O3/c1-31(20-13-30-8-7-18(20)19-5-4-17(25)12-21(19)34-2)23(33)15-9-14(3-6-22(29)32)10-16(11-15)24(26,27)28/h4-5,7-13H,3,6H2,1-2H3,(H2,29,32). The fraction of sp³-hybridized carbons (Fsp3) is 0.208. The van der Waals surface area contributed by atoms with Gasteiger partial charge in [0.2, 0.25) is 5.91 Å². The van der Waals surface area contributed by atoms with E-state index in [1.165, 1.54) is 50.8 Å². The smallest absolute Gasteiger partial charge is 0.416 e. The van der Waals surface area contributed by atoms with Crippen molar-refractivity contribution in [2.75, 3.05) is 19.1 Å². The summed E-state index contributed by atoms with van der Waals surface area (Å²) < 4.78 is 59.3. The van der Waals surface area contributed by atoms with E-state index in [0.717, 1.165) is 17.0 Å². The Morgan fingerprint density at radius 3 is 2.47 bits per heavy atom. The predicted molar refractivity (Wildman–Crippen MR) is 118 cm³/mol. The highest BCUT2D eigenvalue weighted by Crippen LogP contribution is 2.37. The molecule has 0 saturated heterocycles. The largest absolute Gasteiger partial charge is 0.496 e. The molecule has 0 aliphatic heterocycles. The van der Waals surface area contributed by atoms with Gasteiger partial charge in [0.05, 0.1) is 24.6 Å². The van der Waals surface area contributed by atoms with Crippen molar-refractivity contribution in [3.8, 4) is 16.9 Å². The zero-order valence-corrected chi connectivity index (χ0v) is 18.3. The fourth-order valence-corrected chi connectivity index (χ4v) is 3.46. The first kappa shape index (κ1) is 24.7. The van der Waals surface area contributed by atoms with Gasteiger partial charge in [-0.25, -0.2) is 4.39 Å². The molecule has 2 N–H and O–H groups in total. The first-order chi connectivity index (χ1) is 16.0. The van der Waals surface area contributed by atoms with Gasteiger partial charge in [-0.15, -0.1) is 0 Å². The van der Waals surface area contributed by atoms with E-state index in [0.29, 0.717) is 11.1 Å². The molecule has 0 saturated carbocycles. The highest BCUT2D eigenvalue weighted by molar-refractivity contribution is 6.08. The Morgan fingerprint density at radius 1 is 1.09 bits per heavy atom. The van der Waals surface area contributed by atoms with Crippen LogP contribution in [-0.2, 0) is 17.4 Å². The Morgan fingerprint density at radius 2 is 1.82 bits per heavy atom. The number of halogens is 4. The number of benzene rings is 2. The van der Waals surface area contributed by atoms with Gasteiger partial charge in [0.15, 0.2) is 0 Å². The SMILES string of the molecule is COc1cc(F)ccc1-c1ccncc1N(C)C(=O)c1cc(CCC(N)=O)cc(C(F)(F)F)c1. The zero-order chi connectivity index (χ0) is 25.0. The summed E-state index contributed by atoms with van der Waals surface area (Å²) in [6.45, 7) is 0. The molecule has 6 nitrogen and oxygen atoms in total. The van der Waals surface area contributed by atoms with E-state index >= 15 is 0 Å². The van der Waals surface area contributed by atoms with Gasteiger partial charge in [-0.3, -0.25) is 14.6 Å². The van der Waals surface area contributed by atoms with Crippen molar-refractivity contribution in [2.45, 2.75) is 19.0 Å². The number of alkyl halides is 3. The van der Waals surface area contributed by atoms with Crippen LogP contribution in [0.5, 0.6) is 5.75 Å². The predicted octanol–water partition coefficient (Wildman–Crippen LogP) is 4.61. The lowest BCUT2D eigenvalue weighted by atomic mass is 10.00. The van der Waals surface area contributed by atoms with Gasteiger partial charge >= 0.3 is 6.18 Å². The molecule has 2 aromatic carbocycles. The summed E-state index contributed by atoms with van der Waals surface area (Å²) in [6.07, 6.45) is -2.07. The third-order valence-electron chi connectivity index (χ3n) is 5.15. The first-order valence-corrected chi connectivity index (χ1v) is 10.1. The second kappa shape index (κ2) is 9.90. The van der Waals surface area contributed by atoms with E-state index in [2.05, 4.69) is 4.98 Å². The maximum absolute atomic E-state index is 13.7. The molecule has 0 unspecified atom stereocenters. The number of anilines is 1. The second-order valence-electron chi connectivity index (χ2n) is 7.48. The molecule has 0 fully saturated rings. The van der Waals surface area contributed by atoms with Crippen LogP contribution in [0.15, 0.2) is 54.9 Å². The number of carbonyl (C=O) groups excluding carboxylic acids is 2. The van der Waals surface area contributed by atoms with Crippen molar-refractivity contribution in [3.63, 3.8) is 0 Å². The minimum Gasteiger partial charge on any atom is -0.496 e. The quantitative estimate of drug-likeness (QED) is 0.506. The average molecular weight is 475 g/mol. The summed E-state index contributed by atoms with van der Waals surface area (Å²) in [5.74, 6) is -1.72. The van der Waals surface area contributed by atoms with Gasteiger partial charge in [-0.2, -0.15) is 13.2 Å². The molecule has 0 spiro atoms. The monoisotopic (exact) mass is 475 g/mol. The highest BCUT2D eigenvalue weighted by Gasteiger charge is 2.32. The Balaban J connectivity index is 2.06. The van der Waals surface area contributed by atoms with Gasteiger partial charge in [-0.05, 0) is 48.4 Å². The Labute approximate surface area is 193 Å². The van der Waals surface area contributed by atoms with Crippen LogP contribution in [0.25, 0.3) is 11.1 Å². The number of rotatable bonds is 7. The van der Waals surface area contributed by atoms with Crippen LogP contribution in [0, 0.1) is 5.82 Å². The lowest BCUT2D eigenvalue weighted by molar-refractivity contribution is -0.137. The lowest BCUT2D eigenvalue weighted by Crippen LogP contribution is -2.27. The molecule has 34 heavy (non-hydrogen) atoms. The van der Waals surface area contributed by atoms with E-state index in [-0.39, 0.29) is 35.4 Å². The number of aryl methyl sites for hydroxylation is 1. The molecule has 10 heteroatoms. The maximum Gasteiger partial charge on any atom is 0.416 e. The summed E-state index contributed by atoms with van der Waals surface area (Å²) in [5.41, 5.74) is 5.22. The van der Waals surface area contributed by atoms with E-state index in [1.54, 1.807) is 6.07 Å². The Bertz CT molecular complexity index is 1230. The Hall–Kier alpha value is -3.95. The summed E-state index contributed by atoms with van der Waals surface area (Å²) >= 11 is 0. The summed E-state index contributed by atoms with van der Waals surface area (Å²) in [6, 6.07) is 8.39. The number of nitrogens with zero attached hydrogens (tertiary/aromatic N) is 2. The summed E-state index contributed by atoms with van der Waals surface area (Å²) in [4.78, 5) is 29.5. The summed E-state index contributed by atoms with van der Waals surface area (Å²) in [7, 11) is 2.76. The molecule has 178 valence electrons. The molecule has 0 aliphatic carbocycles. The zero-order valence-electron chi connectivity index (χ0n) is 18.3. The van der Waals surface area contributed by atoms with Gasteiger partial charge in [0.1, 0.15) is 11.6 Å². The third kappa shape index (κ3) is 5.51. The van der Waals surface area contributed by atoms with Gasteiger partial charge in [0, 0.05) is 42.4 Å². The number of amides is 2. The Kier molecular flexibility index (Phi) is 7.19. The minimum absolute atomic E-state index is 0.0475. The van der Waals surface area contributed by atoms with Crippen LogP contribution in [0.1, 0.15) is 27.9 Å². The van der Waals surface area contributed by atoms with E-state index in [9.17, 15) is 27.2 Å². The normalized spacial score (nSPS) is 11.2. The van der Waals surface area contributed by atoms with Crippen LogP contribution in [-0.4, -0.2) is 31.0 Å². The molecule has 1 heterocycles. The molecule has 0 radical (unpaired) electrons. The lowest BCUT2D eigenvalue weighted by Gasteiger charge is -2.22. The van der Waals surface area contributed by atoms with E-state index in [1.807, 2.05) is 0 Å². The van der Waals surface area contributed by atoms with E-state index < -0.39 is 29.4 Å². The number of nitrogens with two attached hydrogens (primary N) is 1. The van der Waals surface area contributed by atoms with Crippen molar-refractivity contribution in [1.29, 1.82) is 0 Å². The van der Waals surface area contributed by atoms with Crippen LogP contribution in [0.2, 0.25) is 0 Å². The van der Waals surface area contributed by atoms with Crippen molar-refractivity contribution < 1.29 is 31.9 Å². The topological polar surface area (TPSA) is 85.5 Å². The van der Waals surface area contributed by atoms with Crippen LogP contribution >= 0.6 is 0 Å². The average Bonchev–Trinajstić information content (AvgIpc) is 2.81. The molecular weight excluding hydrogens is 454 g/mol. The number of pyridine rings is 1. The van der Waals surface area contributed by atoms with Gasteiger partial charge < -0.3 is 15.4 Å². The molecule has 0 aliphatic rings. The molecule has 1 aromatic heterocycles. The summed E-state index contributed by atoms with van der Waals surface area (Å²) in [5, 5.41) is 0. The third-order valence-corrected chi connectivity index (χ3v) is 5.15. The number of aromatic nitrogens is 1. The molecule has 3 rings (SSSR count). The number of ether oxygens (including phenoxy) is 1. The van der Waals surface area contributed by atoms with Crippen molar-refractivity contribution >= 4 is 17.5 Å². The minimum atomic E-state index is -4.70. The molecule has 0 atom stereocenters. The molecule has 0 bridgehead atoms. The first-order valence-electron chi connectivity index (χ1n) is 10.1. The maximum atomic E-state index is 13.7. The van der Waals surface area contributed by atoms with Crippen LogP contribution in [0.3, 0.4) is 0 Å². The number of hydrogen-bond acceptors (Lipinski definition) is 4. The molecule has 3 aromatic rings. The number of methoxy groups -OCH3 is 1. The van der Waals surface area contributed by atoms with Gasteiger partial charge in [-0.1, -0.05) is 0 Å². The molecular formula is C24H21F4N3O3. The highest BCUT2D eigenvalue weighted by atomic mass is 19.4. The molecule has 2 amide bonds. The second-order valence-corrected chi connectivity index (χ2v) is 7.48. The van der Waals surface area contributed by atoms with Crippen molar-refractivity contribution in [2.24, 2.45) is 5.73 Å². The van der Waals surface area contributed by atoms with Crippen molar-refractivity contribution in [1.82, 2.24) is 4.98 Å².